The Morgan fingerprint density at radius 1 is 1.19 bits per heavy atom. The average molecular weight is 306 g/mol. The SMILES string of the molecule is CCc1ncc(CNCCc2ccc(OC)c(OC)c2)s1. The number of thiazole rings is 1. The van der Waals surface area contributed by atoms with E-state index in [4.69, 9.17) is 9.47 Å². The Morgan fingerprint density at radius 2 is 2.00 bits per heavy atom. The number of benzene rings is 1. The third-order valence-electron chi connectivity index (χ3n) is 3.24. The fourth-order valence-electron chi connectivity index (χ4n) is 2.07. The van der Waals surface area contributed by atoms with Gasteiger partial charge in [0.2, 0.25) is 0 Å². The van der Waals surface area contributed by atoms with Crippen LogP contribution < -0.4 is 14.8 Å². The Hall–Kier alpha value is -1.59. The van der Waals surface area contributed by atoms with Crippen LogP contribution in [0.25, 0.3) is 0 Å². The molecular formula is C16H22N2O2S. The van der Waals surface area contributed by atoms with Gasteiger partial charge in [-0.25, -0.2) is 4.98 Å². The molecule has 0 unspecified atom stereocenters. The van der Waals surface area contributed by atoms with Gasteiger partial charge in [-0.3, -0.25) is 0 Å². The minimum Gasteiger partial charge on any atom is -0.493 e. The van der Waals surface area contributed by atoms with Crippen molar-refractivity contribution in [3.63, 3.8) is 0 Å². The first-order valence-corrected chi connectivity index (χ1v) is 7.93. The largest absolute Gasteiger partial charge is 0.493 e. The van der Waals surface area contributed by atoms with E-state index in [1.54, 1.807) is 25.6 Å². The van der Waals surface area contributed by atoms with Gasteiger partial charge in [0, 0.05) is 17.6 Å². The van der Waals surface area contributed by atoms with E-state index in [9.17, 15) is 0 Å². The summed E-state index contributed by atoms with van der Waals surface area (Å²) < 4.78 is 10.6. The number of hydrogen-bond donors (Lipinski definition) is 1. The van der Waals surface area contributed by atoms with Crippen molar-refractivity contribution in [2.75, 3.05) is 20.8 Å². The predicted octanol–water partition coefficient (Wildman–Crippen LogP) is 3.06. The van der Waals surface area contributed by atoms with E-state index in [-0.39, 0.29) is 0 Å². The second-order valence-electron chi connectivity index (χ2n) is 4.69. The summed E-state index contributed by atoms with van der Waals surface area (Å²) in [6, 6.07) is 6.05. The van der Waals surface area contributed by atoms with E-state index < -0.39 is 0 Å². The quantitative estimate of drug-likeness (QED) is 0.761. The molecule has 1 aromatic carbocycles. The van der Waals surface area contributed by atoms with Crippen molar-refractivity contribution in [1.29, 1.82) is 0 Å². The molecule has 21 heavy (non-hydrogen) atoms. The van der Waals surface area contributed by atoms with Crippen LogP contribution in [-0.4, -0.2) is 25.7 Å². The van der Waals surface area contributed by atoms with Crippen molar-refractivity contribution in [2.24, 2.45) is 0 Å². The van der Waals surface area contributed by atoms with Gasteiger partial charge in [0.25, 0.3) is 0 Å². The normalized spacial score (nSPS) is 10.6. The van der Waals surface area contributed by atoms with Crippen LogP contribution >= 0.6 is 11.3 Å². The second kappa shape index (κ2) is 8.00. The highest BCUT2D eigenvalue weighted by Crippen LogP contribution is 2.27. The molecule has 5 heteroatoms. The molecule has 0 aliphatic carbocycles. The molecule has 1 aromatic heterocycles. The number of rotatable bonds is 8. The summed E-state index contributed by atoms with van der Waals surface area (Å²) in [6.45, 7) is 3.94. The molecule has 114 valence electrons. The zero-order chi connectivity index (χ0) is 15.1. The van der Waals surface area contributed by atoms with E-state index in [0.717, 1.165) is 37.4 Å². The monoisotopic (exact) mass is 306 g/mol. The molecule has 0 fully saturated rings. The Morgan fingerprint density at radius 3 is 2.67 bits per heavy atom. The predicted molar refractivity (Wildman–Crippen MR) is 86.4 cm³/mol. The topological polar surface area (TPSA) is 43.4 Å². The van der Waals surface area contributed by atoms with E-state index in [0.29, 0.717) is 0 Å². The highest BCUT2D eigenvalue weighted by molar-refractivity contribution is 7.11. The van der Waals surface area contributed by atoms with Gasteiger partial charge in [0.05, 0.1) is 19.2 Å². The van der Waals surface area contributed by atoms with Crippen molar-refractivity contribution >= 4 is 11.3 Å². The fourth-order valence-corrected chi connectivity index (χ4v) is 2.91. The summed E-state index contributed by atoms with van der Waals surface area (Å²) in [4.78, 5) is 5.65. The maximum atomic E-state index is 5.32. The molecule has 0 bridgehead atoms. The molecule has 1 heterocycles. The Kier molecular flexibility index (Phi) is 6.02. The van der Waals surface area contributed by atoms with Crippen LogP contribution in [0.1, 0.15) is 22.4 Å². The molecule has 2 rings (SSSR count). The van der Waals surface area contributed by atoms with Crippen LogP contribution in [0.5, 0.6) is 11.5 Å². The first-order chi connectivity index (χ1) is 10.3. The molecule has 0 aliphatic heterocycles. The van der Waals surface area contributed by atoms with Crippen LogP contribution in [0.3, 0.4) is 0 Å². The smallest absolute Gasteiger partial charge is 0.160 e. The number of aryl methyl sites for hydroxylation is 1. The number of methoxy groups -OCH3 is 2. The summed E-state index contributed by atoms with van der Waals surface area (Å²) in [6.07, 6.45) is 3.93. The molecular weight excluding hydrogens is 284 g/mol. The van der Waals surface area contributed by atoms with Gasteiger partial charge in [-0.05, 0) is 37.1 Å². The standard InChI is InChI=1S/C16H22N2O2S/c1-4-16-18-11-13(21-16)10-17-8-7-12-5-6-14(19-2)15(9-12)20-3/h5-6,9,11,17H,4,7-8,10H2,1-3H3. The van der Waals surface area contributed by atoms with Crippen molar-refractivity contribution in [3.8, 4) is 11.5 Å². The lowest BCUT2D eigenvalue weighted by Crippen LogP contribution is -2.16. The molecule has 0 saturated heterocycles. The van der Waals surface area contributed by atoms with Crippen molar-refractivity contribution in [1.82, 2.24) is 10.3 Å². The summed E-state index contributed by atoms with van der Waals surface area (Å²) in [5, 5.41) is 4.65. The molecule has 0 spiro atoms. The third kappa shape index (κ3) is 4.44. The third-order valence-corrected chi connectivity index (χ3v) is 4.38. The molecule has 0 atom stereocenters. The molecule has 2 aromatic rings. The second-order valence-corrected chi connectivity index (χ2v) is 5.89. The van der Waals surface area contributed by atoms with Crippen LogP contribution in [0.15, 0.2) is 24.4 Å². The van der Waals surface area contributed by atoms with Gasteiger partial charge in [0.15, 0.2) is 11.5 Å². The van der Waals surface area contributed by atoms with Gasteiger partial charge in [-0.15, -0.1) is 11.3 Å². The maximum Gasteiger partial charge on any atom is 0.160 e. The Balaban J connectivity index is 1.80. The van der Waals surface area contributed by atoms with E-state index >= 15 is 0 Å². The minimum absolute atomic E-state index is 0.769. The number of nitrogens with one attached hydrogen (secondary N) is 1. The molecule has 0 amide bonds. The highest BCUT2D eigenvalue weighted by atomic mass is 32.1. The zero-order valence-corrected chi connectivity index (χ0v) is 13.6. The van der Waals surface area contributed by atoms with Gasteiger partial charge in [-0.2, -0.15) is 0 Å². The number of aromatic nitrogens is 1. The van der Waals surface area contributed by atoms with Crippen molar-refractivity contribution < 1.29 is 9.47 Å². The first kappa shape index (κ1) is 15.8. The fraction of sp³-hybridized carbons (Fsp3) is 0.438. The average Bonchev–Trinajstić information content (AvgIpc) is 2.99. The zero-order valence-electron chi connectivity index (χ0n) is 12.8. The molecule has 4 nitrogen and oxygen atoms in total. The summed E-state index contributed by atoms with van der Waals surface area (Å²) in [5.41, 5.74) is 1.23. The van der Waals surface area contributed by atoms with Crippen LogP contribution in [0.4, 0.5) is 0 Å². The number of nitrogens with zero attached hydrogens (tertiary/aromatic N) is 1. The lowest BCUT2D eigenvalue weighted by Gasteiger charge is -2.09. The summed E-state index contributed by atoms with van der Waals surface area (Å²) >= 11 is 1.78. The number of hydrogen-bond acceptors (Lipinski definition) is 5. The van der Waals surface area contributed by atoms with Gasteiger partial charge in [0.1, 0.15) is 0 Å². The molecule has 1 N–H and O–H groups in total. The van der Waals surface area contributed by atoms with Crippen molar-refractivity contribution in [3.05, 3.63) is 39.8 Å². The van der Waals surface area contributed by atoms with Gasteiger partial charge in [-0.1, -0.05) is 13.0 Å². The highest BCUT2D eigenvalue weighted by Gasteiger charge is 2.04. The van der Waals surface area contributed by atoms with E-state index in [1.165, 1.54) is 15.4 Å². The van der Waals surface area contributed by atoms with Crippen molar-refractivity contribution in [2.45, 2.75) is 26.3 Å². The van der Waals surface area contributed by atoms with Crippen LogP contribution in [-0.2, 0) is 19.4 Å². The summed E-state index contributed by atoms with van der Waals surface area (Å²) in [7, 11) is 3.31. The van der Waals surface area contributed by atoms with E-state index in [2.05, 4.69) is 23.3 Å². The first-order valence-electron chi connectivity index (χ1n) is 7.12. The minimum atomic E-state index is 0.769. The Labute approximate surface area is 130 Å². The lowest BCUT2D eigenvalue weighted by molar-refractivity contribution is 0.354. The Bertz CT molecular complexity index is 569. The maximum absolute atomic E-state index is 5.32. The molecule has 0 radical (unpaired) electrons. The number of ether oxygens (including phenoxy) is 2. The lowest BCUT2D eigenvalue weighted by atomic mass is 10.1. The van der Waals surface area contributed by atoms with Gasteiger partial charge < -0.3 is 14.8 Å². The van der Waals surface area contributed by atoms with Crippen LogP contribution in [0.2, 0.25) is 0 Å². The summed E-state index contributed by atoms with van der Waals surface area (Å²) in [5.74, 6) is 1.55. The molecule has 0 saturated carbocycles. The molecule has 0 aliphatic rings. The van der Waals surface area contributed by atoms with E-state index in [1.807, 2.05) is 18.3 Å². The van der Waals surface area contributed by atoms with Gasteiger partial charge >= 0.3 is 0 Å². The van der Waals surface area contributed by atoms with Crippen LogP contribution in [0, 0.1) is 0 Å².